The molecule has 1 amide bonds. The zero-order valence-electron chi connectivity index (χ0n) is 16.4. The lowest BCUT2D eigenvalue weighted by molar-refractivity contribution is 0.0972. The maximum Gasteiger partial charge on any atom is 0.261 e. The van der Waals surface area contributed by atoms with E-state index in [4.69, 9.17) is 33.3 Å². The van der Waals surface area contributed by atoms with Crippen molar-refractivity contribution in [2.24, 2.45) is 0 Å². The molecule has 3 aromatic carbocycles. The second-order valence-electron chi connectivity index (χ2n) is 6.33. The van der Waals surface area contributed by atoms with Crippen molar-refractivity contribution in [2.45, 2.75) is 6.92 Å². The number of para-hydroxylation sites is 2. The van der Waals surface area contributed by atoms with Crippen LogP contribution in [0.25, 0.3) is 0 Å². The van der Waals surface area contributed by atoms with Crippen molar-refractivity contribution in [1.82, 2.24) is 5.32 Å². The summed E-state index contributed by atoms with van der Waals surface area (Å²) in [5.41, 5.74) is 1.96. The van der Waals surface area contributed by atoms with E-state index in [-0.39, 0.29) is 11.0 Å². The Morgan fingerprint density at radius 1 is 0.933 bits per heavy atom. The Morgan fingerprint density at radius 2 is 1.63 bits per heavy atom. The highest BCUT2D eigenvalue weighted by Gasteiger charge is 2.14. The van der Waals surface area contributed by atoms with Gasteiger partial charge in [-0.05, 0) is 61.1 Å². The number of nitrogens with one attached hydrogen (secondary N) is 2. The zero-order chi connectivity index (χ0) is 21.3. The molecule has 0 heterocycles. The van der Waals surface area contributed by atoms with E-state index in [0.29, 0.717) is 29.5 Å². The van der Waals surface area contributed by atoms with Crippen LogP contribution in [0.1, 0.15) is 15.9 Å². The van der Waals surface area contributed by atoms with Crippen LogP contribution in [-0.2, 0) is 0 Å². The maximum absolute atomic E-state index is 12.7. The minimum absolute atomic E-state index is 0.174. The number of benzene rings is 3. The summed E-state index contributed by atoms with van der Waals surface area (Å²) in [7, 11) is 0. The summed E-state index contributed by atoms with van der Waals surface area (Å²) in [5.74, 6) is 0.847. The molecule has 0 unspecified atom stereocenters. The van der Waals surface area contributed by atoms with Crippen LogP contribution in [-0.4, -0.2) is 24.2 Å². The van der Waals surface area contributed by atoms with Gasteiger partial charge in [-0.15, -0.1) is 0 Å². The first-order valence-electron chi connectivity index (χ1n) is 9.31. The number of carbonyl (C=O) groups is 1. The Balaban J connectivity index is 1.56. The summed E-state index contributed by atoms with van der Waals surface area (Å²) in [6.07, 6.45) is 0. The summed E-state index contributed by atoms with van der Waals surface area (Å²) < 4.78 is 11.4. The van der Waals surface area contributed by atoms with Crippen LogP contribution in [0.5, 0.6) is 11.5 Å². The molecular weight excluding hydrogens is 420 g/mol. The van der Waals surface area contributed by atoms with Gasteiger partial charge in [0.1, 0.15) is 24.7 Å². The molecule has 5 nitrogen and oxygen atoms in total. The molecule has 0 saturated heterocycles. The normalized spacial score (nSPS) is 10.2. The third kappa shape index (κ3) is 5.95. The van der Waals surface area contributed by atoms with E-state index >= 15 is 0 Å². The first kappa shape index (κ1) is 21.6. The topological polar surface area (TPSA) is 59.6 Å². The van der Waals surface area contributed by atoms with Crippen molar-refractivity contribution in [3.63, 3.8) is 0 Å². The van der Waals surface area contributed by atoms with Gasteiger partial charge in [0.2, 0.25) is 0 Å². The molecule has 2 N–H and O–H groups in total. The minimum atomic E-state index is -0.369. The Hall–Kier alpha value is -3.09. The molecule has 154 valence electrons. The molecule has 0 aliphatic carbocycles. The molecule has 0 bridgehead atoms. The Morgan fingerprint density at radius 3 is 2.43 bits per heavy atom. The summed E-state index contributed by atoms with van der Waals surface area (Å²) in [6, 6.07) is 21.9. The van der Waals surface area contributed by atoms with Crippen molar-refractivity contribution in [1.29, 1.82) is 0 Å². The lowest BCUT2D eigenvalue weighted by atomic mass is 10.2. The Bertz CT molecular complexity index is 1030. The first-order valence-corrected chi connectivity index (χ1v) is 10.1. The fourth-order valence-electron chi connectivity index (χ4n) is 2.67. The van der Waals surface area contributed by atoms with Crippen LogP contribution in [0, 0.1) is 6.92 Å². The number of rotatable bonds is 7. The monoisotopic (exact) mass is 440 g/mol. The number of thiocarbonyl (C=S) groups is 1. The Kier molecular flexibility index (Phi) is 7.65. The molecule has 0 aliphatic heterocycles. The molecular formula is C23H21ClN2O3S. The van der Waals surface area contributed by atoms with Crippen molar-refractivity contribution in [3.8, 4) is 11.5 Å². The van der Waals surface area contributed by atoms with Crippen LogP contribution in [0.15, 0.2) is 72.8 Å². The van der Waals surface area contributed by atoms with Gasteiger partial charge in [0, 0.05) is 10.7 Å². The molecule has 3 aromatic rings. The van der Waals surface area contributed by atoms with Crippen LogP contribution in [0.4, 0.5) is 5.69 Å². The smallest absolute Gasteiger partial charge is 0.261 e. The van der Waals surface area contributed by atoms with Crippen LogP contribution < -0.4 is 20.1 Å². The quantitative estimate of drug-likeness (QED) is 0.389. The van der Waals surface area contributed by atoms with Gasteiger partial charge in [-0.2, -0.15) is 0 Å². The van der Waals surface area contributed by atoms with E-state index in [2.05, 4.69) is 10.6 Å². The standard InChI is InChI=1S/C23H21ClN2O3S/c1-16-19(24)11-7-12-20(16)25-23(30)26-22(27)18-10-5-6-13-21(18)29-15-14-28-17-8-3-2-4-9-17/h2-13H,14-15H2,1H3,(H2,25,26,27,30). The third-order valence-corrected chi connectivity index (χ3v) is 4.84. The predicted octanol–water partition coefficient (Wildman–Crippen LogP) is 5.23. The summed E-state index contributed by atoms with van der Waals surface area (Å²) >= 11 is 11.4. The fourth-order valence-corrected chi connectivity index (χ4v) is 3.05. The third-order valence-electron chi connectivity index (χ3n) is 4.23. The van der Waals surface area contributed by atoms with E-state index in [1.54, 1.807) is 30.3 Å². The number of amides is 1. The molecule has 7 heteroatoms. The highest BCUT2D eigenvalue weighted by Crippen LogP contribution is 2.23. The highest BCUT2D eigenvalue weighted by atomic mass is 35.5. The van der Waals surface area contributed by atoms with E-state index in [1.807, 2.05) is 49.4 Å². The van der Waals surface area contributed by atoms with Crippen LogP contribution in [0.3, 0.4) is 0 Å². The van der Waals surface area contributed by atoms with Gasteiger partial charge < -0.3 is 14.8 Å². The van der Waals surface area contributed by atoms with Crippen molar-refractivity contribution in [3.05, 3.63) is 88.9 Å². The van der Waals surface area contributed by atoms with Crippen molar-refractivity contribution >= 4 is 40.5 Å². The predicted molar refractivity (Wildman–Crippen MR) is 124 cm³/mol. The SMILES string of the molecule is Cc1c(Cl)cccc1NC(=S)NC(=O)c1ccccc1OCCOc1ccccc1. The lowest BCUT2D eigenvalue weighted by Crippen LogP contribution is -2.34. The van der Waals surface area contributed by atoms with Gasteiger partial charge in [-0.3, -0.25) is 10.1 Å². The van der Waals surface area contributed by atoms with Crippen molar-refractivity contribution in [2.75, 3.05) is 18.5 Å². The van der Waals surface area contributed by atoms with E-state index in [9.17, 15) is 4.79 Å². The van der Waals surface area contributed by atoms with Crippen LogP contribution >= 0.6 is 23.8 Å². The van der Waals surface area contributed by atoms with E-state index < -0.39 is 0 Å². The molecule has 0 atom stereocenters. The van der Waals surface area contributed by atoms with Gasteiger partial charge >= 0.3 is 0 Å². The average molecular weight is 441 g/mol. The molecule has 0 saturated carbocycles. The second kappa shape index (κ2) is 10.6. The fraction of sp³-hybridized carbons (Fsp3) is 0.130. The molecule has 0 aliphatic rings. The Labute approximate surface area is 186 Å². The van der Waals surface area contributed by atoms with Crippen molar-refractivity contribution < 1.29 is 14.3 Å². The molecule has 0 radical (unpaired) electrons. The molecule has 0 fully saturated rings. The number of anilines is 1. The molecule has 30 heavy (non-hydrogen) atoms. The molecule has 3 rings (SSSR count). The maximum atomic E-state index is 12.7. The summed E-state index contributed by atoms with van der Waals surface area (Å²) in [4.78, 5) is 12.7. The number of halogens is 1. The largest absolute Gasteiger partial charge is 0.490 e. The number of hydrogen-bond donors (Lipinski definition) is 2. The first-order chi connectivity index (χ1) is 14.5. The summed E-state index contributed by atoms with van der Waals surface area (Å²) in [5, 5.41) is 6.46. The molecule has 0 aromatic heterocycles. The number of hydrogen-bond acceptors (Lipinski definition) is 4. The minimum Gasteiger partial charge on any atom is -0.490 e. The number of carbonyl (C=O) groups excluding carboxylic acids is 1. The van der Waals surface area contributed by atoms with E-state index in [0.717, 1.165) is 17.0 Å². The van der Waals surface area contributed by atoms with Crippen LogP contribution in [0.2, 0.25) is 5.02 Å². The van der Waals surface area contributed by atoms with Gasteiger partial charge in [0.15, 0.2) is 5.11 Å². The van der Waals surface area contributed by atoms with Gasteiger partial charge in [-0.25, -0.2) is 0 Å². The van der Waals surface area contributed by atoms with Gasteiger partial charge in [-0.1, -0.05) is 48.0 Å². The number of ether oxygens (including phenoxy) is 2. The van der Waals surface area contributed by atoms with E-state index in [1.165, 1.54) is 0 Å². The average Bonchev–Trinajstić information content (AvgIpc) is 2.75. The molecule has 0 spiro atoms. The van der Waals surface area contributed by atoms with Gasteiger partial charge in [0.05, 0.1) is 5.56 Å². The summed E-state index contributed by atoms with van der Waals surface area (Å²) in [6.45, 7) is 2.52. The zero-order valence-corrected chi connectivity index (χ0v) is 17.9. The lowest BCUT2D eigenvalue weighted by Gasteiger charge is -2.14. The van der Waals surface area contributed by atoms with Gasteiger partial charge in [0.25, 0.3) is 5.91 Å². The highest BCUT2D eigenvalue weighted by molar-refractivity contribution is 7.80. The second-order valence-corrected chi connectivity index (χ2v) is 7.14.